The standard InChI is InChI=1S/C14H16BrNO6S/c1-8-4-10(13(18)11(15)5-8)14(19)22-6-12(17)16-9-2-3-23(20,21)7-9/h4-5,9,18H,2-3,6-7H2,1H3,(H,16,17)/t9-/m1/s1. The smallest absolute Gasteiger partial charge is 0.342 e. The monoisotopic (exact) mass is 405 g/mol. The Morgan fingerprint density at radius 1 is 1.43 bits per heavy atom. The summed E-state index contributed by atoms with van der Waals surface area (Å²) in [4.78, 5) is 23.6. The average Bonchev–Trinajstić information content (AvgIpc) is 2.79. The van der Waals surface area contributed by atoms with Gasteiger partial charge in [-0.15, -0.1) is 0 Å². The molecular weight excluding hydrogens is 390 g/mol. The van der Waals surface area contributed by atoms with E-state index >= 15 is 0 Å². The Bertz CT molecular complexity index is 746. The summed E-state index contributed by atoms with van der Waals surface area (Å²) < 4.78 is 27.8. The molecule has 1 atom stereocenters. The maximum Gasteiger partial charge on any atom is 0.342 e. The third-order valence-corrected chi connectivity index (χ3v) is 5.73. The quantitative estimate of drug-likeness (QED) is 0.720. The molecule has 0 unspecified atom stereocenters. The number of carbonyl (C=O) groups is 2. The van der Waals surface area contributed by atoms with Crippen molar-refractivity contribution in [3.05, 3.63) is 27.7 Å². The lowest BCUT2D eigenvalue weighted by atomic mass is 10.1. The molecule has 2 rings (SSSR count). The molecule has 0 bridgehead atoms. The van der Waals surface area contributed by atoms with Gasteiger partial charge in [-0.2, -0.15) is 0 Å². The lowest BCUT2D eigenvalue weighted by molar-refractivity contribution is -0.124. The Hall–Kier alpha value is -1.61. The number of amides is 1. The Morgan fingerprint density at radius 3 is 2.74 bits per heavy atom. The zero-order chi connectivity index (χ0) is 17.2. The largest absolute Gasteiger partial charge is 0.506 e. The molecule has 7 nitrogen and oxygen atoms in total. The summed E-state index contributed by atoms with van der Waals surface area (Å²) in [6.45, 7) is 1.20. The number of esters is 1. The number of hydrogen-bond acceptors (Lipinski definition) is 6. The molecule has 126 valence electrons. The highest BCUT2D eigenvalue weighted by atomic mass is 79.9. The first-order valence-electron chi connectivity index (χ1n) is 6.84. The molecule has 9 heteroatoms. The Balaban J connectivity index is 1.91. The van der Waals surface area contributed by atoms with E-state index in [1.165, 1.54) is 6.07 Å². The van der Waals surface area contributed by atoms with E-state index in [1.54, 1.807) is 13.0 Å². The fourth-order valence-corrected chi connectivity index (χ4v) is 4.53. The summed E-state index contributed by atoms with van der Waals surface area (Å²) in [5.74, 6) is -1.73. The third-order valence-electron chi connectivity index (χ3n) is 3.36. The van der Waals surface area contributed by atoms with E-state index in [2.05, 4.69) is 21.2 Å². The summed E-state index contributed by atoms with van der Waals surface area (Å²) in [5, 5.41) is 12.3. The molecule has 1 heterocycles. The van der Waals surface area contributed by atoms with Crippen LogP contribution in [0, 0.1) is 6.92 Å². The molecule has 2 N–H and O–H groups in total. The van der Waals surface area contributed by atoms with Gasteiger partial charge >= 0.3 is 5.97 Å². The molecule has 0 saturated carbocycles. The van der Waals surface area contributed by atoms with Crippen LogP contribution >= 0.6 is 15.9 Å². The second-order valence-corrected chi connectivity index (χ2v) is 8.47. The Labute approximate surface area is 142 Å². The molecule has 1 aliphatic rings. The number of carbonyl (C=O) groups excluding carboxylic acids is 2. The lowest BCUT2D eigenvalue weighted by Gasteiger charge is -2.12. The van der Waals surface area contributed by atoms with E-state index < -0.39 is 34.4 Å². The normalized spacial score (nSPS) is 19.3. The van der Waals surface area contributed by atoms with Gasteiger partial charge in [0.05, 0.1) is 16.0 Å². The van der Waals surface area contributed by atoms with Crippen molar-refractivity contribution >= 4 is 37.6 Å². The van der Waals surface area contributed by atoms with Gasteiger partial charge in [0.25, 0.3) is 5.91 Å². The van der Waals surface area contributed by atoms with Gasteiger partial charge in [0.2, 0.25) is 0 Å². The fourth-order valence-electron chi connectivity index (χ4n) is 2.28. The van der Waals surface area contributed by atoms with Crippen LogP contribution in [0.2, 0.25) is 0 Å². The van der Waals surface area contributed by atoms with E-state index in [0.29, 0.717) is 10.9 Å². The van der Waals surface area contributed by atoms with Gasteiger partial charge in [-0.3, -0.25) is 4.79 Å². The summed E-state index contributed by atoms with van der Waals surface area (Å²) in [6.07, 6.45) is 0.355. The van der Waals surface area contributed by atoms with Crippen LogP contribution in [0.4, 0.5) is 0 Å². The van der Waals surface area contributed by atoms with Crippen molar-refractivity contribution in [3.63, 3.8) is 0 Å². The van der Waals surface area contributed by atoms with Crippen LogP contribution in [0.5, 0.6) is 5.75 Å². The van der Waals surface area contributed by atoms with E-state index in [-0.39, 0.29) is 22.8 Å². The zero-order valence-corrected chi connectivity index (χ0v) is 14.7. The van der Waals surface area contributed by atoms with Crippen LogP contribution < -0.4 is 5.32 Å². The molecule has 1 fully saturated rings. The van der Waals surface area contributed by atoms with Crippen LogP contribution in [0.25, 0.3) is 0 Å². The number of nitrogens with one attached hydrogen (secondary N) is 1. The molecule has 0 aliphatic carbocycles. The van der Waals surface area contributed by atoms with Crippen molar-refractivity contribution in [1.29, 1.82) is 0 Å². The van der Waals surface area contributed by atoms with Crippen molar-refractivity contribution in [2.24, 2.45) is 0 Å². The predicted octanol–water partition coefficient (Wildman–Crippen LogP) is 0.923. The van der Waals surface area contributed by atoms with Crippen molar-refractivity contribution in [2.45, 2.75) is 19.4 Å². The lowest BCUT2D eigenvalue weighted by Crippen LogP contribution is -2.38. The SMILES string of the molecule is Cc1cc(Br)c(O)c(C(=O)OCC(=O)N[C@@H]2CCS(=O)(=O)C2)c1. The molecule has 1 saturated heterocycles. The minimum absolute atomic E-state index is 0.0446. The highest BCUT2D eigenvalue weighted by Crippen LogP contribution is 2.29. The van der Waals surface area contributed by atoms with Crippen molar-refractivity contribution in [2.75, 3.05) is 18.1 Å². The number of rotatable bonds is 4. The van der Waals surface area contributed by atoms with Gasteiger partial charge in [-0.1, -0.05) is 0 Å². The zero-order valence-electron chi connectivity index (χ0n) is 12.3. The molecule has 0 radical (unpaired) electrons. The van der Waals surface area contributed by atoms with Gasteiger partial charge in [0.1, 0.15) is 11.3 Å². The van der Waals surface area contributed by atoms with Crippen molar-refractivity contribution in [1.82, 2.24) is 5.32 Å². The fraction of sp³-hybridized carbons (Fsp3) is 0.429. The van der Waals surface area contributed by atoms with Gasteiger partial charge < -0.3 is 15.2 Å². The second kappa shape index (κ2) is 6.88. The van der Waals surface area contributed by atoms with Crippen LogP contribution in [0.1, 0.15) is 22.3 Å². The summed E-state index contributed by atoms with van der Waals surface area (Å²) in [6, 6.07) is 2.64. The van der Waals surface area contributed by atoms with Gasteiger partial charge in [-0.25, -0.2) is 13.2 Å². The van der Waals surface area contributed by atoms with Crippen molar-refractivity contribution in [3.8, 4) is 5.75 Å². The molecule has 0 aromatic heterocycles. The van der Waals surface area contributed by atoms with Gasteiger partial charge in [0.15, 0.2) is 16.4 Å². The first-order chi connectivity index (χ1) is 10.7. The predicted molar refractivity (Wildman–Crippen MR) is 86.0 cm³/mol. The van der Waals surface area contributed by atoms with E-state index in [0.717, 1.165) is 5.56 Å². The third kappa shape index (κ3) is 4.68. The number of sulfone groups is 1. The average molecular weight is 406 g/mol. The van der Waals surface area contributed by atoms with Crippen molar-refractivity contribution < 1.29 is 27.9 Å². The molecule has 1 aromatic rings. The van der Waals surface area contributed by atoms with E-state index in [9.17, 15) is 23.1 Å². The minimum Gasteiger partial charge on any atom is -0.506 e. The number of benzene rings is 1. The highest BCUT2D eigenvalue weighted by molar-refractivity contribution is 9.10. The summed E-state index contributed by atoms with van der Waals surface area (Å²) in [5.41, 5.74) is 0.690. The molecule has 1 aliphatic heterocycles. The van der Waals surface area contributed by atoms with Crippen LogP contribution in [-0.4, -0.2) is 49.6 Å². The number of phenols is 1. The Morgan fingerprint density at radius 2 is 2.13 bits per heavy atom. The summed E-state index contributed by atoms with van der Waals surface area (Å²) in [7, 11) is -3.09. The highest BCUT2D eigenvalue weighted by Gasteiger charge is 2.29. The summed E-state index contributed by atoms with van der Waals surface area (Å²) >= 11 is 3.12. The van der Waals surface area contributed by atoms with Crippen LogP contribution in [-0.2, 0) is 19.4 Å². The first kappa shape index (κ1) is 17.7. The maximum atomic E-state index is 11.9. The van der Waals surface area contributed by atoms with Gasteiger partial charge in [-0.05, 0) is 47.0 Å². The number of phenolic OH excluding ortho intramolecular Hbond substituents is 1. The molecular formula is C14H16BrNO6S. The topological polar surface area (TPSA) is 110 Å². The number of ether oxygens (including phenoxy) is 1. The Kier molecular flexibility index (Phi) is 5.30. The molecule has 23 heavy (non-hydrogen) atoms. The second-order valence-electron chi connectivity index (χ2n) is 5.39. The number of hydrogen-bond donors (Lipinski definition) is 2. The molecule has 1 amide bonds. The molecule has 1 aromatic carbocycles. The number of aromatic hydroxyl groups is 1. The minimum atomic E-state index is -3.09. The van der Waals surface area contributed by atoms with Gasteiger partial charge in [0, 0.05) is 6.04 Å². The number of aryl methyl sites for hydroxylation is 1. The van der Waals surface area contributed by atoms with Crippen LogP contribution in [0.3, 0.4) is 0 Å². The number of halogens is 1. The maximum absolute atomic E-state index is 11.9. The van der Waals surface area contributed by atoms with Crippen LogP contribution in [0.15, 0.2) is 16.6 Å². The molecule has 0 spiro atoms. The first-order valence-corrected chi connectivity index (χ1v) is 9.45. The van der Waals surface area contributed by atoms with E-state index in [1.807, 2.05) is 0 Å². The van der Waals surface area contributed by atoms with E-state index in [4.69, 9.17) is 4.74 Å².